The van der Waals surface area contributed by atoms with Gasteiger partial charge in [0.25, 0.3) is 0 Å². The van der Waals surface area contributed by atoms with Gasteiger partial charge in [-0.1, -0.05) is 29.3 Å². The molecular formula is C16H17ClN2O3. The summed E-state index contributed by atoms with van der Waals surface area (Å²) in [7, 11) is 1.53. The highest BCUT2D eigenvalue weighted by molar-refractivity contribution is 6.32. The van der Waals surface area contributed by atoms with Crippen molar-refractivity contribution in [3.05, 3.63) is 53.1 Å². The summed E-state index contributed by atoms with van der Waals surface area (Å²) in [5.41, 5.74) is 1.72. The smallest absolute Gasteiger partial charge is 0.321 e. The van der Waals surface area contributed by atoms with Gasteiger partial charge in [0, 0.05) is 5.69 Å². The van der Waals surface area contributed by atoms with Crippen molar-refractivity contribution in [1.82, 2.24) is 5.32 Å². The summed E-state index contributed by atoms with van der Waals surface area (Å²) in [5.74, 6) is 1.24. The predicted octanol–water partition coefficient (Wildman–Crippen LogP) is 3.82. The maximum absolute atomic E-state index is 11.7. The molecule has 2 aromatic carbocycles. The molecule has 2 N–H and O–H groups in total. The molecule has 0 fully saturated rings. The van der Waals surface area contributed by atoms with E-state index in [-0.39, 0.29) is 12.8 Å². The van der Waals surface area contributed by atoms with E-state index in [1.165, 1.54) is 7.11 Å². The molecule has 0 aliphatic rings. The zero-order valence-corrected chi connectivity index (χ0v) is 13.1. The Morgan fingerprint density at radius 2 is 1.91 bits per heavy atom. The minimum atomic E-state index is -0.381. The molecule has 0 heterocycles. The molecule has 5 nitrogen and oxygen atoms in total. The Hall–Kier alpha value is -2.40. The number of amides is 2. The Morgan fingerprint density at radius 1 is 1.18 bits per heavy atom. The third kappa shape index (κ3) is 4.56. The summed E-state index contributed by atoms with van der Waals surface area (Å²) in [6, 6.07) is 12.2. The van der Waals surface area contributed by atoms with Crippen molar-refractivity contribution in [1.29, 1.82) is 0 Å². The van der Waals surface area contributed by atoms with Gasteiger partial charge in [0.15, 0.2) is 6.73 Å². The van der Waals surface area contributed by atoms with Crippen LogP contribution in [0.5, 0.6) is 11.5 Å². The van der Waals surface area contributed by atoms with Crippen LogP contribution in [0.4, 0.5) is 10.5 Å². The number of carbonyl (C=O) groups is 1. The van der Waals surface area contributed by atoms with Crippen molar-refractivity contribution in [2.24, 2.45) is 0 Å². The number of benzene rings is 2. The largest absolute Gasteiger partial charge is 0.495 e. The molecule has 2 rings (SSSR count). The molecule has 6 heteroatoms. The van der Waals surface area contributed by atoms with Crippen LogP contribution in [0.15, 0.2) is 42.5 Å². The molecule has 0 saturated carbocycles. The van der Waals surface area contributed by atoms with Crippen LogP contribution in [0.2, 0.25) is 5.02 Å². The zero-order chi connectivity index (χ0) is 15.9. The Balaban J connectivity index is 1.80. The molecule has 116 valence electrons. The highest BCUT2D eigenvalue weighted by Gasteiger charge is 2.05. The second-order valence-electron chi connectivity index (χ2n) is 4.58. The van der Waals surface area contributed by atoms with Gasteiger partial charge in [-0.2, -0.15) is 0 Å². The molecule has 0 aliphatic heterocycles. The van der Waals surface area contributed by atoms with E-state index in [0.717, 1.165) is 5.56 Å². The standard InChI is InChI=1S/C16H17ClN2O3/c1-11-3-6-13(7-4-11)22-10-18-16(20)19-12-5-8-15(21-2)14(17)9-12/h3-9H,10H2,1-2H3,(H2,18,19,20). The number of halogens is 1. The fourth-order valence-corrected chi connectivity index (χ4v) is 2.00. The molecule has 0 radical (unpaired) electrons. The van der Waals surface area contributed by atoms with Gasteiger partial charge in [0.2, 0.25) is 0 Å². The monoisotopic (exact) mass is 320 g/mol. The Morgan fingerprint density at radius 3 is 2.55 bits per heavy atom. The van der Waals surface area contributed by atoms with Gasteiger partial charge < -0.3 is 20.1 Å². The van der Waals surface area contributed by atoms with Crippen LogP contribution in [0.1, 0.15) is 5.56 Å². The van der Waals surface area contributed by atoms with Crippen LogP contribution < -0.4 is 20.1 Å². The fraction of sp³-hybridized carbons (Fsp3) is 0.188. The lowest BCUT2D eigenvalue weighted by Crippen LogP contribution is -2.32. The maximum atomic E-state index is 11.7. The van der Waals surface area contributed by atoms with E-state index in [1.54, 1.807) is 18.2 Å². The van der Waals surface area contributed by atoms with Crippen molar-refractivity contribution in [2.45, 2.75) is 6.92 Å². The minimum absolute atomic E-state index is 0.0682. The molecule has 0 atom stereocenters. The van der Waals surface area contributed by atoms with Gasteiger partial charge in [0.1, 0.15) is 11.5 Å². The van der Waals surface area contributed by atoms with Crippen molar-refractivity contribution in [3.8, 4) is 11.5 Å². The first-order chi connectivity index (χ1) is 10.6. The molecule has 0 unspecified atom stereocenters. The lowest BCUT2D eigenvalue weighted by Gasteiger charge is -2.10. The number of rotatable bonds is 5. The molecule has 2 aromatic rings. The van der Waals surface area contributed by atoms with E-state index < -0.39 is 0 Å². The van der Waals surface area contributed by atoms with Gasteiger partial charge in [0.05, 0.1) is 12.1 Å². The highest BCUT2D eigenvalue weighted by atomic mass is 35.5. The average Bonchev–Trinajstić information content (AvgIpc) is 2.49. The Bertz CT molecular complexity index is 644. The Labute approximate surface area is 134 Å². The van der Waals surface area contributed by atoms with Crippen LogP contribution in [-0.4, -0.2) is 19.9 Å². The van der Waals surface area contributed by atoms with E-state index in [9.17, 15) is 4.79 Å². The average molecular weight is 321 g/mol. The SMILES string of the molecule is COc1ccc(NC(=O)NCOc2ccc(C)cc2)cc1Cl. The highest BCUT2D eigenvalue weighted by Crippen LogP contribution is 2.27. The van der Waals surface area contributed by atoms with Crippen LogP contribution in [-0.2, 0) is 0 Å². The molecule has 0 aliphatic carbocycles. The Kier molecular flexibility index (Phi) is 5.49. The number of urea groups is 1. The predicted molar refractivity (Wildman–Crippen MR) is 86.8 cm³/mol. The van der Waals surface area contributed by atoms with Crippen molar-refractivity contribution in [2.75, 3.05) is 19.2 Å². The lowest BCUT2D eigenvalue weighted by atomic mass is 10.2. The van der Waals surface area contributed by atoms with Crippen LogP contribution in [0.25, 0.3) is 0 Å². The number of hydrogen-bond donors (Lipinski definition) is 2. The maximum Gasteiger partial charge on any atom is 0.321 e. The van der Waals surface area contributed by atoms with E-state index in [4.69, 9.17) is 21.1 Å². The van der Waals surface area contributed by atoms with Crippen molar-refractivity contribution in [3.63, 3.8) is 0 Å². The van der Waals surface area contributed by atoms with Crippen molar-refractivity contribution < 1.29 is 14.3 Å². The van der Waals surface area contributed by atoms with E-state index in [1.807, 2.05) is 31.2 Å². The van der Waals surface area contributed by atoms with Crippen LogP contribution >= 0.6 is 11.6 Å². The van der Waals surface area contributed by atoms with Gasteiger partial charge in [-0.3, -0.25) is 0 Å². The summed E-state index contributed by atoms with van der Waals surface area (Å²) in [6.07, 6.45) is 0. The van der Waals surface area contributed by atoms with E-state index >= 15 is 0 Å². The summed E-state index contributed by atoms with van der Waals surface area (Å²) in [5, 5.41) is 5.68. The summed E-state index contributed by atoms with van der Waals surface area (Å²) < 4.78 is 10.5. The number of aryl methyl sites for hydroxylation is 1. The first-order valence-electron chi connectivity index (χ1n) is 6.66. The summed E-state index contributed by atoms with van der Waals surface area (Å²) >= 11 is 5.99. The second kappa shape index (κ2) is 7.56. The summed E-state index contributed by atoms with van der Waals surface area (Å²) in [6.45, 7) is 2.06. The third-order valence-corrected chi connectivity index (χ3v) is 3.20. The first-order valence-corrected chi connectivity index (χ1v) is 7.04. The van der Waals surface area contributed by atoms with E-state index in [2.05, 4.69) is 10.6 Å². The van der Waals surface area contributed by atoms with Gasteiger partial charge in [-0.15, -0.1) is 0 Å². The zero-order valence-electron chi connectivity index (χ0n) is 12.4. The molecule has 0 spiro atoms. The quantitative estimate of drug-likeness (QED) is 0.823. The van der Waals surface area contributed by atoms with Gasteiger partial charge in [-0.25, -0.2) is 4.79 Å². The van der Waals surface area contributed by atoms with Crippen LogP contribution in [0.3, 0.4) is 0 Å². The molecule has 2 amide bonds. The molecule has 22 heavy (non-hydrogen) atoms. The molecular weight excluding hydrogens is 304 g/mol. The number of anilines is 1. The number of ether oxygens (including phenoxy) is 2. The second-order valence-corrected chi connectivity index (χ2v) is 4.99. The third-order valence-electron chi connectivity index (χ3n) is 2.90. The molecule has 0 aromatic heterocycles. The van der Waals surface area contributed by atoms with Crippen LogP contribution in [0, 0.1) is 6.92 Å². The van der Waals surface area contributed by atoms with Gasteiger partial charge >= 0.3 is 6.03 Å². The van der Waals surface area contributed by atoms with E-state index in [0.29, 0.717) is 22.2 Å². The summed E-state index contributed by atoms with van der Waals surface area (Å²) in [4.78, 5) is 11.7. The molecule has 0 saturated heterocycles. The molecule has 0 bridgehead atoms. The van der Waals surface area contributed by atoms with Gasteiger partial charge in [-0.05, 0) is 37.3 Å². The number of methoxy groups -OCH3 is 1. The fourth-order valence-electron chi connectivity index (χ4n) is 1.74. The number of nitrogens with one attached hydrogen (secondary N) is 2. The van der Waals surface area contributed by atoms with Crippen molar-refractivity contribution >= 4 is 23.3 Å². The lowest BCUT2D eigenvalue weighted by molar-refractivity contribution is 0.234. The number of hydrogen-bond acceptors (Lipinski definition) is 3. The number of carbonyl (C=O) groups excluding carboxylic acids is 1. The normalized spacial score (nSPS) is 9.95. The topological polar surface area (TPSA) is 59.6 Å². The first kappa shape index (κ1) is 16.0. The minimum Gasteiger partial charge on any atom is -0.495 e.